The zero-order valence-corrected chi connectivity index (χ0v) is 14.1. The predicted molar refractivity (Wildman–Crippen MR) is 89.4 cm³/mol. The summed E-state index contributed by atoms with van der Waals surface area (Å²) in [6, 6.07) is 6.03. The Balaban J connectivity index is 1.61. The Labute approximate surface area is 140 Å². The monoisotopic (exact) mass is 331 g/mol. The summed E-state index contributed by atoms with van der Waals surface area (Å²) in [6.45, 7) is 4.74. The first-order valence-electron chi connectivity index (χ1n) is 7.86. The van der Waals surface area contributed by atoms with Crippen molar-refractivity contribution in [2.45, 2.75) is 19.8 Å². The van der Waals surface area contributed by atoms with Gasteiger partial charge < -0.3 is 9.64 Å². The Morgan fingerprint density at radius 1 is 1.43 bits per heavy atom. The van der Waals surface area contributed by atoms with Crippen LogP contribution in [0.2, 0.25) is 0 Å². The number of hydrogen-bond donors (Lipinski definition) is 0. The standard InChI is InChI=1S/C17H21N3O2S/c1-13-2-3-16(23-13)9-17(21)20-6-7-22-11-14(10-20)8-15-4-5-18-12-19-15/h2-5,12,14H,6-11H2,1H3. The van der Waals surface area contributed by atoms with Crippen LogP contribution in [0.5, 0.6) is 0 Å². The van der Waals surface area contributed by atoms with E-state index in [4.69, 9.17) is 4.74 Å². The van der Waals surface area contributed by atoms with Gasteiger partial charge in [-0.15, -0.1) is 11.3 Å². The lowest BCUT2D eigenvalue weighted by Gasteiger charge is -2.23. The smallest absolute Gasteiger partial charge is 0.227 e. The van der Waals surface area contributed by atoms with Crippen LogP contribution in [0.25, 0.3) is 0 Å². The van der Waals surface area contributed by atoms with E-state index in [9.17, 15) is 4.79 Å². The fourth-order valence-electron chi connectivity index (χ4n) is 2.81. The van der Waals surface area contributed by atoms with Crippen molar-refractivity contribution in [2.75, 3.05) is 26.3 Å². The minimum absolute atomic E-state index is 0.185. The molecule has 5 nitrogen and oxygen atoms in total. The topological polar surface area (TPSA) is 55.3 Å². The maximum atomic E-state index is 12.6. The van der Waals surface area contributed by atoms with E-state index >= 15 is 0 Å². The van der Waals surface area contributed by atoms with Gasteiger partial charge in [-0.1, -0.05) is 0 Å². The van der Waals surface area contributed by atoms with Gasteiger partial charge in [0.2, 0.25) is 5.91 Å². The molecule has 0 radical (unpaired) electrons. The molecule has 0 bridgehead atoms. The molecule has 1 amide bonds. The van der Waals surface area contributed by atoms with Crippen molar-refractivity contribution in [2.24, 2.45) is 5.92 Å². The molecule has 0 spiro atoms. The van der Waals surface area contributed by atoms with Crippen LogP contribution < -0.4 is 0 Å². The first-order valence-corrected chi connectivity index (χ1v) is 8.68. The number of aromatic nitrogens is 2. The van der Waals surface area contributed by atoms with Gasteiger partial charge in [0.1, 0.15) is 6.33 Å². The molecular weight excluding hydrogens is 310 g/mol. The Bertz CT molecular complexity index is 644. The highest BCUT2D eigenvalue weighted by atomic mass is 32.1. The Morgan fingerprint density at radius 3 is 3.09 bits per heavy atom. The molecule has 0 aliphatic carbocycles. The molecule has 1 saturated heterocycles. The molecule has 0 aromatic carbocycles. The van der Waals surface area contributed by atoms with E-state index in [2.05, 4.69) is 23.0 Å². The van der Waals surface area contributed by atoms with Crippen LogP contribution in [0.3, 0.4) is 0 Å². The number of thiophene rings is 1. The van der Waals surface area contributed by atoms with Crippen LogP contribution in [0, 0.1) is 12.8 Å². The van der Waals surface area contributed by atoms with Crippen molar-refractivity contribution < 1.29 is 9.53 Å². The zero-order chi connectivity index (χ0) is 16.1. The molecule has 3 heterocycles. The van der Waals surface area contributed by atoms with Gasteiger partial charge in [-0.05, 0) is 31.5 Å². The van der Waals surface area contributed by atoms with Gasteiger partial charge in [0.15, 0.2) is 0 Å². The number of carbonyl (C=O) groups is 1. The van der Waals surface area contributed by atoms with Gasteiger partial charge >= 0.3 is 0 Å². The van der Waals surface area contributed by atoms with Crippen LogP contribution in [0.1, 0.15) is 15.4 Å². The molecule has 122 valence electrons. The Kier molecular flexibility index (Phi) is 5.35. The second-order valence-corrected chi connectivity index (χ2v) is 7.25. The summed E-state index contributed by atoms with van der Waals surface area (Å²) in [4.78, 5) is 25.1. The van der Waals surface area contributed by atoms with E-state index in [1.165, 1.54) is 4.88 Å². The van der Waals surface area contributed by atoms with Gasteiger partial charge in [0.25, 0.3) is 0 Å². The number of carbonyl (C=O) groups excluding carboxylic acids is 1. The molecule has 1 atom stereocenters. The third-order valence-corrected chi connectivity index (χ3v) is 4.95. The summed E-state index contributed by atoms with van der Waals surface area (Å²) in [7, 11) is 0. The van der Waals surface area contributed by atoms with Crippen molar-refractivity contribution in [1.29, 1.82) is 0 Å². The molecule has 2 aromatic heterocycles. The summed E-state index contributed by atoms with van der Waals surface area (Å²) in [5, 5.41) is 0. The van der Waals surface area contributed by atoms with E-state index in [1.807, 2.05) is 17.0 Å². The molecule has 1 fully saturated rings. The zero-order valence-electron chi connectivity index (χ0n) is 13.3. The largest absolute Gasteiger partial charge is 0.379 e. The lowest BCUT2D eigenvalue weighted by molar-refractivity contribution is -0.130. The molecule has 2 aromatic rings. The Morgan fingerprint density at radius 2 is 2.35 bits per heavy atom. The highest BCUT2D eigenvalue weighted by Gasteiger charge is 2.23. The van der Waals surface area contributed by atoms with Gasteiger partial charge in [-0.25, -0.2) is 9.97 Å². The van der Waals surface area contributed by atoms with Crippen LogP contribution in [-0.4, -0.2) is 47.1 Å². The second-order valence-electron chi connectivity index (χ2n) is 5.87. The summed E-state index contributed by atoms with van der Waals surface area (Å²) < 4.78 is 5.68. The molecule has 1 aliphatic rings. The first kappa shape index (κ1) is 16.1. The average molecular weight is 331 g/mol. The number of amides is 1. The van der Waals surface area contributed by atoms with E-state index in [-0.39, 0.29) is 11.8 Å². The maximum absolute atomic E-state index is 12.6. The van der Waals surface area contributed by atoms with E-state index < -0.39 is 0 Å². The van der Waals surface area contributed by atoms with Crippen LogP contribution in [-0.2, 0) is 22.4 Å². The summed E-state index contributed by atoms with van der Waals surface area (Å²) in [6.07, 6.45) is 4.61. The third-order valence-electron chi connectivity index (χ3n) is 3.95. The van der Waals surface area contributed by atoms with E-state index in [0.717, 1.165) is 23.5 Å². The minimum atomic E-state index is 0.185. The number of hydrogen-bond acceptors (Lipinski definition) is 5. The summed E-state index contributed by atoms with van der Waals surface area (Å²) in [5.41, 5.74) is 0.997. The lowest BCUT2D eigenvalue weighted by Crippen LogP contribution is -2.37. The van der Waals surface area contributed by atoms with Crippen molar-refractivity contribution in [3.05, 3.63) is 46.2 Å². The van der Waals surface area contributed by atoms with Crippen LogP contribution in [0.4, 0.5) is 0 Å². The van der Waals surface area contributed by atoms with Crippen LogP contribution in [0.15, 0.2) is 30.7 Å². The normalized spacial score (nSPS) is 18.7. The highest BCUT2D eigenvalue weighted by Crippen LogP contribution is 2.18. The second kappa shape index (κ2) is 7.66. The third kappa shape index (κ3) is 4.59. The maximum Gasteiger partial charge on any atom is 0.227 e. The minimum Gasteiger partial charge on any atom is -0.379 e. The number of aryl methyl sites for hydroxylation is 1. The van der Waals surface area contributed by atoms with Crippen molar-refractivity contribution >= 4 is 17.2 Å². The fraction of sp³-hybridized carbons (Fsp3) is 0.471. The first-order chi connectivity index (χ1) is 11.2. The number of nitrogens with zero attached hydrogens (tertiary/aromatic N) is 3. The number of rotatable bonds is 4. The molecule has 0 N–H and O–H groups in total. The molecule has 23 heavy (non-hydrogen) atoms. The van der Waals surface area contributed by atoms with Gasteiger partial charge in [-0.3, -0.25) is 4.79 Å². The van der Waals surface area contributed by atoms with Gasteiger partial charge in [0.05, 0.1) is 19.6 Å². The fourth-order valence-corrected chi connectivity index (χ4v) is 3.69. The molecular formula is C17H21N3O2S. The van der Waals surface area contributed by atoms with Gasteiger partial charge in [0, 0.05) is 40.7 Å². The molecule has 6 heteroatoms. The molecule has 1 unspecified atom stereocenters. The van der Waals surface area contributed by atoms with Gasteiger partial charge in [-0.2, -0.15) is 0 Å². The SMILES string of the molecule is Cc1ccc(CC(=O)N2CCOCC(Cc3ccncn3)C2)s1. The summed E-state index contributed by atoms with van der Waals surface area (Å²) in [5.74, 6) is 0.464. The Hall–Kier alpha value is -1.79. The molecule has 1 aliphatic heterocycles. The molecule has 3 rings (SSSR count). The lowest BCUT2D eigenvalue weighted by atomic mass is 10.0. The van der Waals surface area contributed by atoms with E-state index in [0.29, 0.717) is 26.2 Å². The quantitative estimate of drug-likeness (QED) is 0.861. The van der Waals surface area contributed by atoms with Crippen molar-refractivity contribution in [3.63, 3.8) is 0 Å². The van der Waals surface area contributed by atoms with Crippen molar-refractivity contribution in [1.82, 2.24) is 14.9 Å². The number of ether oxygens (including phenoxy) is 1. The van der Waals surface area contributed by atoms with Crippen molar-refractivity contribution in [3.8, 4) is 0 Å². The highest BCUT2D eigenvalue weighted by molar-refractivity contribution is 7.12. The molecule has 0 saturated carbocycles. The summed E-state index contributed by atoms with van der Waals surface area (Å²) >= 11 is 1.69. The average Bonchev–Trinajstić information content (AvgIpc) is 2.82. The predicted octanol–water partition coefficient (Wildman–Crippen LogP) is 2.11. The van der Waals surface area contributed by atoms with Crippen LogP contribution >= 0.6 is 11.3 Å². The van der Waals surface area contributed by atoms with E-state index in [1.54, 1.807) is 23.9 Å².